The quantitative estimate of drug-likeness (QED) is 0.238. The topological polar surface area (TPSA) is 52.6 Å². The molecule has 0 bridgehead atoms. The first-order valence-corrected chi connectivity index (χ1v) is 11.1. The van der Waals surface area contributed by atoms with Gasteiger partial charge in [0.2, 0.25) is 0 Å². The van der Waals surface area contributed by atoms with Gasteiger partial charge in [-0.1, -0.05) is 17.7 Å². The molecule has 6 heteroatoms. The molecular formula is C21H29IN2O2S. The molecule has 0 unspecified atom stereocenters. The molecule has 2 N–H and O–H groups in total. The predicted octanol–water partition coefficient (Wildman–Crippen LogP) is 4.58. The molecule has 0 atom stereocenters. The Morgan fingerprint density at radius 1 is 1.30 bits per heavy atom. The zero-order valence-corrected chi connectivity index (χ0v) is 18.9. The van der Waals surface area contributed by atoms with Gasteiger partial charge in [-0.15, -0.1) is 0 Å². The van der Waals surface area contributed by atoms with Crippen LogP contribution in [0.15, 0.2) is 29.8 Å². The van der Waals surface area contributed by atoms with Gasteiger partial charge in [0.15, 0.2) is 5.11 Å². The first-order valence-electron chi connectivity index (χ1n) is 9.66. The maximum absolute atomic E-state index is 12.6. The normalized spacial score (nSPS) is 13.8. The highest BCUT2D eigenvalue weighted by Crippen LogP contribution is 2.20. The molecule has 1 aliphatic carbocycles. The van der Waals surface area contributed by atoms with Crippen molar-refractivity contribution in [3.63, 3.8) is 0 Å². The average Bonchev–Trinajstić information content (AvgIpc) is 2.67. The predicted molar refractivity (Wildman–Crippen MR) is 123 cm³/mol. The second-order valence-corrected chi connectivity index (χ2v) is 8.55. The summed E-state index contributed by atoms with van der Waals surface area (Å²) in [6.45, 7) is 3.76. The van der Waals surface area contributed by atoms with Gasteiger partial charge in [0.1, 0.15) is 0 Å². The van der Waals surface area contributed by atoms with Crippen molar-refractivity contribution in [3.8, 4) is 0 Å². The Hall–Kier alpha value is -0.990. The summed E-state index contributed by atoms with van der Waals surface area (Å²) in [4.78, 5) is 14.6. The number of rotatable bonds is 8. The molecular weight excluding hydrogens is 471 g/mol. The summed E-state index contributed by atoms with van der Waals surface area (Å²) in [6, 6.07) is 5.67. The minimum absolute atomic E-state index is 0.165. The van der Waals surface area contributed by atoms with Gasteiger partial charge in [0.05, 0.1) is 0 Å². The van der Waals surface area contributed by atoms with Gasteiger partial charge in [-0.2, -0.15) is 0 Å². The molecule has 4 nitrogen and oxygen atoms in total. The third-order valence-electron chi connectivity index (χ3n) is 4.87. The molecule has 0 fully saturated rings. The van der Waals surface area contributed by atoms with E-state index in [1.807, 2.05) is 25.1 Å². The van der Waals surface area contributed by atoms with Crippen LogP contribution in [0, 0.1) is 10.5 Å². The Bertz CT molecular complexity index is 691. The number of nitrogens with zero attached hydrogens (tertiary/aromatic N) is 1. The smallest absolute Gasteiger partial charge is 0.257 e. The molecule has 1 aliphatic rings. The molecule has 1 aromatic rings. The van der Waals surface area contributed by atoms with Gasteiger partial charge in [0.25, 0.3) is 5.91 Å². The first-order chi connectivity index (χ1) is 13.0. The van der Waals surface area contributed by atoms with Crippen molar-refractivity contribution < 1.29 is 9.90 Å². The number of halogens is 1. The molecule has 0 aliphatic heterocycles. The Labute approximate surface area is 181 Å². The van der Waals surface area contributed by atoms with Crippen molar-refractivity contribution in [2.24, 2.45) is 0 Å². The van der Waals surface area contributed by atoms with Crippen LogP contribution in [0.25, 0.3) is 0 Å². The Kier molecular flexibility index (Phi) is 9.72. The van der Waals surface area contributed by atoms with Crippen LogP contribution in [0.5, 0.6) is 0 Å². The number of aliphatic hydroxyl groups excluding tert-OH is 1. The molecule has 1 aromatic carbocycles. The second-order valence-electron chi connectivity index (χ2n) is 7.00. The van der Waals surface area contributed by atoms with Crippen LogP contribution in [0.4, 0.5) is 0 Å². The summed E-state index contributed by atoms with van der Waals surface area (Å²) < 4.78 is 1.07. The van der Waals surface area contributed by atoms with E-state index in [2.05, 4.69) is 38.9 Å². The number of carbonyl (C=O) groups excluding carboxylic acids is 1. The lowest BCUT2D eigenvalue weighted by atomic mass is 9.97. The third-order valence-corrected chi connectivity index (χ3v) is 6.39. The van der Waals surface area contributed by atoms with Gasteiger partial charge in [-0.3, -0.25) is 10.1 Å². The molecule has 0 spiro atoms. The van der Waals surface area contributed by atoms with Gasteiger partial charge >= 0.3 is 0 Å². The molecule has 148 valence electrons. The second kappa shape index (κ2) is 11.8. The highest BCUT2D eigenvalue weighted by atomic mass is 127. The molecule has 1 amide bonds. The average molecular weight is 500 g/mol. The number of aryl methyl sites for hydroxylation is 1. The summed E-state index contributed by atoms with van der Waals surface area (Å²) in [7, 11) is 0. The van der Waals surface area contributed by atoms with E-state index in [1.165, 1.54) is 31.3 Å². The SMILES string of the molecule is Cc1ccc(C(=O)NC(=S)N(CCCCO)CCC2=CCCCC2)cc1I. The van der Waals surface area contributed by atoms with Gasteiger partial charge in [0, 0.05) is 28.8 Å². The van der Waals surface area contributed by atoms with E-state index < -0.39 is 0 Å². The van der Waals surface area contributed by atoms with Crippen molar-refractivity contribution >= 4 is 45.8 Å². The van der Waals surface area contributed by atoms with Crippen molar-refractivity contribution in [3.05, 3.63) is 44.5 Å². The first kappa shape index (κ1) is 22.3. The molecule has 0 aromatic heterocycles. The van der Waals surface area contributed by atoms with E-state index in [4.69, 9.17) is 17.3 Å². The van der Waals surface area contributed by atoms with E-state index in [-0.39, 0.29) is 12.5 Å². The Balaban J connectivity index is 1.97. The van der Waals surface area contributed by atoms with E-state index in [1.54, 1.807) is 0 Å². The number of benzene rings is 1. The minimum atomic E-state index is -0.165. The van der Waals surface area contributed by atoms with Crippen LogP contribution in [0.3, 0.4) is 0 Å². The third kappa shape index (κ3) is 7.50. The van der Waals surface area contributed by atoms with Crippen LogP contribution >= 0.6 is 34.8 Å². The summed E-state index contributed by atoms with van der Waals surface area (Å²) in [6.07, 6.45) is 9.83. The highest BCUT2D eigenvalue weighted by molar-refractivity contribution is 14.1. The Morgan fingerprint density at radius 3 is 2.78 bits per heavy atom. The molecule has 0 radical (unpaired) electrons. The number of thiocarbonyl (C=S) groups is 1. The number of aliphatic hydroxyl groups is 1. The van der Waals surface area contributed by atoms with Crippen LogP contribution in [0.1, 0.15) is 60.9 Å². The lowest BCUT2D eigenvalue weighted by Crippen LogP contribution is -2.43. The van der Waals surface area contributed by atoms with E-state index in [0.29, 0.717) is 10.7 Å². The molecule has 0 heterocycles. The van der Waals surface area contributed by atoms with E-state index >= 15 is 0 Å². The fourth-order valence-electron chi connectivity index (χ4n) is 3.12. The molecule has 27 heavy (non-hydrogen) atoms. The number of unbranched alkanes of at least 4 members (excludes halogenated alkanes) is 1. The Morgan fingerprint density at radius 2 is 2.11 bits per heavy atom. The van der Waals surface area contributed by atoms with Crippen LogP contribution in [-0.2, 0) is 0 Å². The molecule has 0 saturated carbocycles. The van der Waals surface area contributed by atoms with Crippen molar-refractivity contribution in [1.29, 1.82) is 0 Å². The summed E-state index contributed by atoms with van der Waals surface area (Å²) in [5.74, 6) is -0.165. The molecule has 0 saturated heterocycles. The molecule has 2 rings (SSSR count). The largest absolute Gasteiger partial charge is 0.396 e. The highest BCUT2D eigenvalue weighted by Gasteiger charge is 2.15. The van der Waals surface area contributed by atoms with E-state index in [9.17, 15) is 4.79 Å². The zero-order chi connectivity index (χ0) is 19.6. The standard InChI is InChI=1S/C21H29IN2O2S/c1-16-9-10-18(15-19(16)22)20(26)23-21(27)24(12-5-6-14-25)13-11-17-7-3-2-4-8-17/h7,9-10,15,25H,2-6,8,11-14H2,1H3,(H,23,26,27). The number of carbonyl (C=O) groups is 1. The minimum Gasteiger partial charge on any atom is -0.396 e. The lowest BCUT2D eigenvalue weighted by Gasteiger charge is -2.26. The van der Waals surface area contributed by atoms with Gasteiger partial charge in [-0.25, -0.2) is 0 Å². The summed E-state index contributed by atoms with van der Waals surface area (Å²) in [5, 5.41) is 12.4. The van der Waals surface area contributed by atoms with Crippen LogP contribution in [0.2, 0.25) is 0 Å². The maximum atomic E-state index is 12.6. The van der Waals surface area contributed by atoms with Crippen LogP contribution < -0.4 is 5.32 Å². The lowest BCUT2D eigenvalue weighted by molar-refractivity contribution is 0.0973. The van der Waals surface area contributed by atoms with Crippen molar-refractivity contribution in [2.45, 2.75) is 51.9 Å². The number of allylic oxidation sites excluding steroid dienone is 1. The summed E-state index contributed by atoms with van der Waals surface area (Å²) in [5.41, 5.74) is 3.27. The van der Waals surface area contributed by atoms with E-state index in [0.717, 1.165) is 41.5 Å². The van der Waals surface area contributed by atoms with Crippen molar-refractivity contribution in [2.75, 3.05) is 19.7 Å². The van der Waals surface area contributed by atoms with Crippen molar-refractivity contribution in [1.82, 2.24) is 10.2 Å². The fourth-order valence-corrected chi connectivity index (χ4v) is 3.91. The fraction of sp³-hybridized carbons (Fsp3) is 0.524. The number of amides is 1. The summed E-state index contributed by atoms with van der Waals surface area (Å²) >= 11 is 7.77. The van der Waals surface area contributed by atoms with Gasteiger partial charge in [-0.05, 0) is 104 Å². The zero-order valence-electron chi connectivity index (χ0n) is 16.0. The number of nitrogens with one attached hydrogen (secondary N) is 1. The van der Waals surface area contributed by atoms with Crippen LogP contribution in [-0.4, -0.2) is 40.7 Å². The maximum Gasteiger partial charge on any atom is 0.257 e. The monoisotopic (exact) mass is 500 g/mol. The number of hydrogen-bond acceptors (Lipinski definition) is 3. The number of hydrogen-bond donors (Lipinski definition) is 2. The van der Waals surface area contributed by atoms with Gasteiger partial charge < -0.3 is 10.0 Å².